The molecule has 0 amide bonds. The van der Waals surface area contributed by atoms with Gasteiger partial charge in [-0.3, -0.25) is 10.3 Å². The Hall–Kier alpha value is -2.58. The molecule has 0 atom stereocenters. The third-order valence-electron chi connectivity index (χ3n) is 4.65. The maximum atomic E-state index is 11.6. The summed E-state index contributed by atoms with van der Waals surface area (Å²) in [6, 6.07) is 12.5. The zero-order valence-electron chi connectivity index (χ0n) is 16.3. The summed E-state index contributed by atoms with van der Waals surface area (Å²) in [5.74, 6) is 1.59. The van der Waals surface area contributed by atoms with Crippen molar-refractivity contribution in [3.8, 4) is 17.2 Å². The number of carbonyl (C=O) groups is 1. The Morgan fingerprint density at radius 3 is 2.59 bits per heavy atom. The molecule has 29 heavy (non-hydrogen) atoms. The number of benzene rings is 2. The van der Waals surface area contributed by atoms with Crippen LogP contribution in [0.3, 0.4) is 0 Å². The molecule has 0 bridgehead atoms. The van der Waals surface area contributed by atoms with E-state index in [1.54, 1.807) is 18.2 Å². The van der Waals surface area contributed by atoms with E-state index in [1.807, 2.05) is 29.2 Å². The summed E-state index contributed by atoms with van der Waals surface area (Å²) < 4.78 is 17.2. The van der Waals surface area contributed by atoms with Gasteiger partial charge in [-0.15, -0.1) is 0 Å². The fourth-order valence-corrected chi connectivity index (χ4v) is 3.45. The van der Waals surface area contributed by atoms with Crippen LogP contribution in [-0.4, -0.2) is 68.5 Å². The molecule has 1 N–H and O–H groups in total. The highest BCUT2D eigenvalue weighted by molar-refractivity contribution is 9.10. The maximum absolute atomic E-state index is 11.6. The first-order valence-electron chi connectivity index (χ1n) is 9.34. The lowest BCUT2D eigenvalue weighted by Gasteiger charge is -2.33. The minimum atomic E-state index is -0.396. The van der Waals surface area contributed by atoms with Gasteiger partial charge < -0.3 is 19.1 Å². The summed E-state index contributed by atoms with van der Waals surface area (Å²) in [5.41, 5.74) is 0.449. The number of piperazine rings is 1. The summed E-state index contributed by atoms with van der Waals surface area (Å²) >= 11 is 3.43. The van der Waals surface area contributed by atoms with Gasteiger partial charge >= 0.3 is 5.97 Å². The number of rotatable bonds is 8. The predicted molar refractivity (Wildman–Crippen MR) is 114 cm³/mol. The van der Waals surface area contributed by atoms with Gasteiger partial charge in [-0.25, -0.2) is 4.79 Å². The lowest BCUT2D eigenvalue weighted by molar-refractivity contribution is 0.0600. The Bertz CT molecular complexity index is 854. The molecule has 7 nitrogen and oxygen atoms in total. The Morgan fingerprint density at radius 1 is 1.14 bits per heavy atom. The Balaban J connectivity index is 1.53. The largest absolute Gasteiger partial charge is 0.492 e. The second kappa shape index (κ2) is 10.3. The van der Waals surface area contributed by atoms with Gasteiger partial charge in [0.05, 0.1) is 23.5 Å². The molecule has 2 aromatic rings. The summed E-state index contributed by atoms with van der Waals surface area (Å²) in [4.78, 5) is 16.0. The van der Waals surface area contributed by atoms with Crippen LogP contribution in [0.1, 0.15) is 10.4 Å². The average Bonchev–Trinajstić information content (AvgIpc) is 2.75. The molecule has 1 heterocycles. The van der Waals surface area contributed by atoms with E-state index < -0.39 is 5.97 Å². The standard InChI is InChI=1S/C21H24BrN3O4/c1-27-21(26)16-5-6-20(19(22)13-16)29-18-4-2-3-17(14-18)28-12-11-24-7-9-25(15-23)10-8-24/h2-6,13-15,23H,7-12H2,1H3. The van der Waals surface area contributed by atoms with E-state index in [-0.39, 0.29) is 0 Å². The number of ether oxygens (including phenoxy) is 3. The van der Waals surface area contributed by atoms with Crippen molar-refractivity contribution in [1.29, 1.82) is 5.41 Å². The number of nitrogens with one attached hydrogen (secondary N) is 1. The molecule has 1 aliphatic rings. The molecule has 1 fully saturated rings. The molecule has 2 aromatic carbocycles. The van der Waals surface area contributed by atoms with Crippen molar-refractivity contribution in [2.24, 2.45) is 0 Å². The van der Waals surface area contributed by atoms with E-state index in [4.69, 9.17) is 19.6 Å². The first kappa shape index (κ1) is 21.1. The van der Waals surface area contributed by atoms with Crippen LogP contribution in [0.2, 0.25) is 0 Å². The van der Waals surface area contributed by atoms with Gasteiger partial charge in [-0.05, 0) is 46.3 Å². The van der Waals surface area contributed by atoms with E-state index in [2.05, 4.69) is 20.8 Å². The number of esters is 1. The Morgan fingerprint density at radius 2 is 1.90 bits per heavy atom. The average molecular weight is 462 g/mol. The van der Waals surface area contributed by atoms with Gasteiger partial charge in [0.1, 0.15) is 23.9 Å². The van der Waals surface area contributed by atoms with Crippen molar-refractivity contribution < 1.29 is 19.0 Å². The van der Waals surface area contributed by atoms with Gasteiger partial charge in [0, 0.05) is 38.8 Å². The SMILES string of the molecule is COC(=O)c1ccc(Oc2cccc(OCCN3CCN(C=N)CC3)c2)c(Br)c1. The zero-order chi connectivity index (χ0) is 20.6. The lowest BCUT2D eigenvalue weighted by atomic mass is 10.2. The summed E-state index contributed by atoms with van der Waals surface area (Å²) in [7, 11) is 1.35. The monoisotopic (exact) mass is 461 g/mol. The van der Waals surface area contributed by atoms with Gasteiger partial charge in [-0.1, -0.05) is 6.07 Å². The van der Waals surface area contributed by atoms with Gasteiger partial charge in [0.15, 0.2) is 0 Å². The van der Waals surface area contributed by atoms with Crippen molar-refractivity contribution in [3.05, 3.63) is 52.5 Å². The zero-order valence-corrected chi connectivity index (χ0v) is 17.9. The highest BCUT2D eigenvalue weighted by Crippen LogP contribution is 2.32. The number of halogens is 1. The van der Waals surface area contributed by atoms with Crippen LogP contribution in [0.25, 0.3) is 0 Å². The van der Waals surface area contributed by atoms with Crippen molar-refractivity contribution >= 4 is 28.2 Å². The Kier molecular flexibility index (Phi) is 7.48. The summed E-state index contributed by atoms with van der Waals surface area (Å²) in [6.45, 7) is 5.09. The number of methoxy groups -OCH3 is 1. The van der Waals surface area contributed by atoms with Gasteiger partial charge in [-0.2, -0.15) is 0 Å². The molecular formula is C21H24BrN3O4. The van der Waals surface area contributed by atoms with E-state index >= 15 is 0 Å². The van der Waals surface area contributed by atoms with Crippen LogP contribution in [0.5, 0.6) is 17.2 Å². The first-order valence-corrected chi connectivity index (χ1v) is 10.1. The quantitative estimate of drug-likeness (QED) is 0.367. The second-order valence-electron chi connectivity index (χ2n) is 6.57. The second-order valence-corrected chi connectivity index (χ2v) is 7.42. The van der Waals surface area contributed by atoms with Crippen molar-refractivity contribution in [2.45, 2.75) is 0 Å². The highest BCUT2D eigenvalue weighted by Gasteiger charge is 2.14. The van der Waals surface area contributed by atoms with Crippen molar-refractivity contribution in [2.75, 3.05) is 46.4 Å². The molecule has 0 aliphatic carbocycles. The predicted octanol–water partition coefficient (Wildman–Crippen LogP) is 3.63. The number of hydrogen-bond acceptors (Lipinski definition) is 6. The number of nitrogens with zero attached hydrogens (tertiary/aromatic N) is 2. The van der Waals surface area contributed by atoms with E-state index in [0.717, 1.165) is 38.5 Å². The van der Waals surface area contributed by atoms with Crippen LogP contribution in [0.4, 0.5) is 0 Å². The molecule has 154 valence electrons. The van der Waals surface area contributed by atoms with Crippen LogP contribution >= 0.6 is 15.9 Å². The van der Waals surface area contributed by atoms with Gasteiger partial charge in [0.2, 0.25) is 0 Å². The molecule has 0 spiro atoms. The molecule has 0 radical (unpaired) electrons. The molecular weight excluding hydrogens is 438 g/mol. The molecule has 0 aromatic heterocycles. The smallest absolute Gasteiger partial charge is 0.337 e. The summed E-state index contributed by atoms with van der Waals surface area (Å²) in [6.07, 6.45) is 1.40. The fraction of sp³-hybridized carbons (Fsp3) is 0.333. The van der Waals surface area contributed by atoms with Crippen molar-refractivity contribution in [3.63, 3.8) is 0 Å². The minimum absolute atomic E-state index is 0.396. The van der Waals surface area contributed by atoms with E-state index in [1.165, 1.54) is 13.4 Å². The molecule has 0 saturated carbocycles. The summed E-state index contributed by atoms with van der Waals surface area (Å²) in [5, 5.41) is 7.29. The van der Waals surface area contributed by atoms with Gasteiger partial charge in [0.25, 0.3) is 0 Å². The topological polar surface area (TPSA) is 75.1 Å². The minimum Gasteiger partial charge on any atom is -0.492 e. The van der Waals surface area contributed by atoms with Crippen LogP contribution in [0.15, 0.2) is 46.9 Å². The molecule has 3 rings (SSSR count). The fourth-order valence-electron chi connectivity index (χ4n) is 2.99. The molecule has 1 saturated heterocycles. The van der Waals surface area contributed by atoms with Crippen LogP contribution < -0.4 is 9.47 Å². The third kappa shape index (κ3) is 5.95. The molecule has 8 heteroatoms. The maximum Gasteiger partial charge on any atom is 0.337 e. The van der Waals surface area contributed by atoms with Crippen LogP contribution in [-0.2, 0) is 4.74 Å². The van der Waals surface area contributed by atoms with E-state index in [9.17, 15) is 4.79 Å². The Labute approximate surface area is 178 Å². The van der Waals surface area contributed by atoms with Crippen LogP contribution in [0, 0.1) is 5.41 Å². The molecule has 0 unspecified atom stereocenters. The molecule has 1 aliphatic heterocycles. The number of carbonyl (C=O) groups excluding carboxylic acids is 1. The normalized spacial score (nSPS) is 14.3. The first-order chi connectivity index (χ1) is 14.1. The lowest BCUT2D eigenvalue weighted by Crippen LogP contribution is -2.46. The van der Waals surface area contributed by atoms with E-state index in [0.29, 0.717) is 28.1 Å². The van der Waals surface area contributed by atoms with Crippen molar-refractivity contribution in [1.82, 2.24) is 9.80 Å². The number of hydrogen-bond donors (Lipinski definition) is 1. The third-order valence-corrected chi connectivity index (χ3v) is 5.27. The highest BCUT2D eigenvalue weighted by atomic mass is 79.9.